The zero-order valence-corrected chi connectivity index (χ0v) is 18.2. The molecule has 0 aromatic heterocycles. The maximum absolute atomic E-state index is 12.9. The zero-order valence-electron chi connectivity index (χ0n) is 17.4. The predicted octanol–water partition coefficient (Wildman–Crippen LogP) is 2.23. The van der Waals surface area contributed by atoms with Gasteiger partial charge in [0.1, 0.15) is 11.5 Å². The molecular formula is C21H32ClN3O4. The standard InChI is InChI=1S/C21H31N3O4.ClH/c1-14-10-17(4-7-22-14)23-20(25)15-5-8-24(9-6-15)21(26)16-11-18(27-2)13-19(12-16)28-3;/h11-15,17,22H,4-10H2,1-3H3,(H,23,25);1H. The number of hydrogen-bond donors (Lipinski definition) is 2. The second-order valence-corrected chi connectivity index (χ2v) is 7.75. The molecule has 0 saturated carbocycles. The van der Waals surface area contributed by atoms with Gasteiger partial charge in [-0.05, 0) is 51.3 Å². The van der Waals surface area contributed by atoms with E-state index in [1.54, 1.807) is 32.4 Å². The third-order valence-electron chi connectivity index (χ3n) is 5.72. The van der Waals surface area contributed by atoms with Crippen molar-refractivity contribution in [3.63, 3.8) is 0 Å². The van der Waals surface area contributed by atoms with E-state index in [9.17, 15) is 9.59 Å². The van der Waals surface area contributed by atoms with Crippen LogP contribution in [0.2, 0.25) is 0 Å². The summed E-state index contributed by atoms with van der Waals surface area (Å²) < 4.78 is 10.5. The first-order chi connectivity index (χ1) is 13.5. The summed E-state index contributed by atoms with van der Waals surface area (Å²) in [7, 11) is 3.13. The average Bonchev–Trinajstić information content (AvgIpc) is 2.72. The summed E-state index contributed by atoms with van der Waals surface area (Å²) in [6, 6.07) is 5.89. The number of likely N-dealkylation sites (tertiary alicyclic amines) is 1. The SMILES string of the molecule is COc1cc(OC)cc(C(=O)N2CCC(C(=O)NC3CCNC(C)C3)CC2)c1.Cl. The highest BCUT2D eigenvalue weighted by Crippen LogP contribution is 2.25. The number of amides is 2. The smallest absolute Gasteiger partial charge is 0.254 e. The van der Waals surface area contributed by atoms with Gasteiger partial charge in [-0.1, -0.05) is 0 Å². The Kier molecular flexibility index (Phi) is 8.59. The van der Waals surface area contributed by atoms with Crippen molar-refractivity contribution in [1.29, 1.82) is 0 Å². The van der Waals surface area contributed by atoms with Crippen molar-refractivity contribution in [3.05, 3.63) is 23.8 Å². The van der Waals surface area contributed by atoms with E-state index >= 15 is 0 Å². The van der Waals surface area contributed by atoms with Crippen LogP contribution in [0, 0.1) is 5.92 Å². The van der Waals surface area contributed by atoms with E-state index in [1.807, 2.05) is 4.90 Å². The third kappa shape index (κ3) is 6.00. The molecule has 2 aliphatic heterocycles. The number of carbonyl (C=O) groups excluding carboxylic acids is 2. The Morgan fingerprint density at radius 3 is 2.24 bits per heavy atom. The second-order valence-electron chi connectivity index (χ2n) is 7.75. The largest absolute Gasteiger partial charge is 0.497 e. The summed E-state index contributed by atoms with van der Waals surface area (Å²) in [6.45, 7) is 4.26. The molecule has 7 nitrogen and oxygen atoms in total. The molecule has 0 spiro atoms. The quantitative estimate of drug-likeness (QED) is 0.756. The van der Waals surface area contributed by atoms with Gasteiger partial charge in [-0.3, -0.25) is 9.59 Å². The fourth-order valence-corrected chi connectivity index (χ4v) is 4.04. The van der Waals surface area contributed by atoms with Crippen LogP contribution in [0.15, 0.2) is 18.2 Å². The zero-order chi connectivity index (χ0) is 20.1. The van der Waals surface area contributed by atoms with E-state index in [0.29, 0.717) is 49.0 Å². The van der Waals surface area contributed by atoms with Gasteiger partial charge in [-0.2, -0.15) is 0 Å². The number of benzene rings is 1. The van der Waals surface area contributed by atoms with Crippen molar-refractivity contribution in [1.82, 2.24) is 15.5 Å². The molecule has 29 heavy (non-hydrogen) atoms. The number of hydrogen-bond acceptors (Lipinski definition) is 5. The van der Waals surface area contributed by atoms with Gasteiger partial charge in [-0.25, -0.2) is 0 Å². The van der Waals surface area contributed by atoms with Gasteiger partial charge in [0, 0.05) is 42.7 Å². The van der Waals surface area contributed by atoms with Crippen LogP contribution in [-0.4, -0.2) is 62.7 Å². The Morgan fingerprint density at radius 2 is 1.69 bits per heavy atom. The first-order valence-corrected chi connectivity index (χ1v) is 10.1. The van der Waals surface area contributed by atoms with Crippen molar-refractivity contribution in [2.75, 3.05) is 33.9 Å². The number of carbonyl (C=O) groups is 2. The highest BCUT2D eigenvalue weighted by Gasteiger charge is 2.30. The van der Waals surface area contributed by atoms with E-state index < -0.39 is 0 Å². The van der Waals surface area contributed by atoms with Gasteiger partial charge in [0.25, 0.3) is 5.91 Å². The van der Waals surface area contributed by atoms with E-state index in [1.165, 1.54) is 0 Å². The monoisotopic (exact) mass is 425 g/mol. The Morgan fingerprint density at radius 1 is 1.07 bits per heavy atom. The molecule has 0 aliphatic carbocycles. The minimum atomic E-state index is -0.0526. The molecule has 0 radical (unpaired) electrons. The predicted molar refractivity (Wildman–Crippen MR) is 114 cm³/mol. The molecule has 2 saturated heterocycles. The van der Waals surface area contributed by atoms with Gasteiger partial charge in [0.05, 0.1) is 14.2 Å². The molecule has 2 fully saturated rings. The lowest BCUT2D eigenvalue weighted by Crippen LogP contribution is -2.49. The van der Waals surface area contributed by atoms with Gasteiger partial charge >= 0.3 is 0 Å². The number of nitrogens with zero attached hydrogens (tertiary/aromatic N) is 1. The summed E-state index contributed by atoms with van der Waals surface area (Å²) in [6.07, 6.45) is 3.34. The molecule has 1 aromatic carbocycles. The summed E-state index contributed by atoms with van der Waals surface area (Å²) in [5.74, 6) is 1.24. The molecular weight excluding hydrogens is 394 g/mol. The molecule has 3 rings (SSSR count). The maximum Gasteiger partial charge on any atom is 0.254 e. The molecule has 2 N–H and O–H groups in total. The summed E-state index contributed by atoms with van der Waals surface area (Å²) in [4.78, 5) is 27.3. The number of methoxy groups -OCH3 is 2. The molecule has 2 unspecified atom stereocenters. The second kappa shape index (κ2) is 10.7. The highest BCUT2D eigenvalue weighted by molar-refractivity contribution is 5.95. The Bertz CT molecular complexity index is 685. The van der Waals surface area contributed by atoms with E-state index in [0.717, 1.165) is 19.4 Å². The molecule has 2 heterocycles. The average molecular weight is 426 g/mol. The Balaban J connectivity index is 0.00000300. The maximum atomic E-state index is 12.9. The normalized spacial score (nSPS) is 22.4. The number of rotatable bonds is 5. The fraction of sp³-hybridized carbons (Fsp3) is 0.619. The van der Waals surface area contributed by atoms with Crippen molar-refractivity contribution in [2.45, 2.75) is 44.7 Å². The topological polar surface area (TPSA) is 79.9 Å². The van der Waals surface area contributed by atoms with E-state index in [4.69, 9.17) is 9.47 Å². The van der Waals surface area contributed by atoms with Crippen molar-refractivity contribution in [2.24, 2.45) is 5.92 Å². The van der Waals surface area contributed by atoms with Gasteiger partial charge in [0.2, 0.25) is 5.91 Å². The minimum Gasteiger partial charge on any atom is -0.497 e. The number of piperidine rings is 2. The first kappa shape index (κ1) is 23.3. The van der Waals surface area contributed by atoms with Gasteiger partial charge < -0.3 is 25.0 Å². The van der Waals surface area contributed by atoms with Crippen LogP contribution < -0.4 is 20.1 Å². The summed E-state index contributed by atoms with van der Waals surface area (Å²) in [5.41, 5.74) is 0.544. The van der Waals surface area contributed by atoms with Crippen molar-refractivity contribution >= 4 is 24.2 Å². The van der Waals surface area contributed by atoms with Crippen LogP contribution >= 0.6 is 12.4 Å². The van der Waals surface area contributed by atoms with E-state index in [2.05, 4.69) is 17.6 Å². The Labute approximate surface area is 178 Å². The fourth-order valence-electron chi connectivity index (χ4n) is 4.04. The third-order valence-corrected chi connectivity index (χ3v) is 5.72. The van der Waals surface area contributed by atoms with Gasteiger partial charge in [-0.15, -0.1) is 12.4 Å². The number of nitrogens with one attached hydrogen (secondary N) is 2. The van der Waals surface area contributed by atoms with Crippen LogP contribution in [-0.2, 0) is 4.79 Å². The number of halogens is 1. The molecule has 1 aromatic rings. The minimum absolute atomic E-state index is 0. The first-order valence-electron chi connectivity index (χ1n) is 10.1. The molecule has 2 atom stereocenters. The van der Waals surface area contributed by atoms with Crippen molar-refractivity contribution in [3.8, 4) is 11.5 Å². The summed E-state index contributed by atoms with van der Waals surface area (Å²) in [5, 5.41) is 6.61. The Hall–Kier alpha value is -1.99. The van der Waals surface area contributed by atoms with Crippen LogP contribution in [0.25, 0.3) is 0 Å². The summed E-state index contributed by atoms with van der Waals surface area (Å²) >= 11 is 0. The lowest BCUT2D eigenvalue weighted by Gasteiger charge is -2.34. The van der Waals surface area contributed by atoms with Crippen LogP contribution in [0.3, 0.4) is 0 Å². The van der Waals surface area contributed by atoms with Crippen LogP contribution in [0.5, 0.6) is 11.5 Å². The molecule has 2 aliphatic rings. The highest BCUT2D eigenvalue weighted by atomic mass is 35.5. The van der Waals surface area contributed by atoms with Crippen LogP contribution in [0.4, 0.5) is 0 Å². The molecule has 2 amide bonds. The van der Waals surface area contributed by atoms with Crippen molar-refractivity contribution < 1.29 is 19.1 Å². The lowest BCUT2D eigenvalue weighted by atomic mass is 9.93. The van der Waals surface area contributed by atoms with Crippen LogP contribution in [0.1, 0.15) is 43.0 Å². The molecule has 0 bridgehead atoms. The molecule has 8 heteroatoms. The number of ether oxygens (including phenoxy) is 2. The van der Waals surface area contributed by atoms with Gasteiger partial charge in [0.15, 0.2) is 0 Å². The molecule has 162 valence electrons. The lowest BCUT2D eigenvalue weighted by molar-refractivity contribution is -0.127. The van der Waals surface area contributed by atoms with E-state index in [-0.39, 0.29) is 36.2 Å².